The maximum Gasteiger partial charge on any atom is 0.356 e. The maximum absolute atomic E-state index is 13.2. The molecule has 10 nitrogen and oxygen atoms in total. The lowest BCUT2D eigenvalue weighted by Gasteiger charge is -2.32. The van der Waals surface area contributed by atoms with Gasteiger partial charge in [-0.3, -0.25) is 4.79 Å². The molecule has 0 radical (unpaired) electrons. The molecule has 2 atom stereocenters. The van der Waals surface area contributed by atoms with E-state index < -0.39 is 11.9 Å². The molecule has 0 unspecified atom stereocenters. The average Bonchev–Trinajstić information content (AvgIpc) is 3.43. The van der Waals surface area contributed by atoms with Crippen LogP contribution in [0.15, 0.2) is 84.9 Å². The van der Waals surface area contributed by atoms with E-state index in [1.54, 1.807) is 12.1 Å². The fraction of sp³-hybridized carbons (Fsp3) is 0.273. The van der Waals surface area contributed by atoms with Crippen LogP contribution in [0.3, 0.4) is 0 Å². The summed E-state index contributed by atoms with van der Waals surface area (Å²) in [4.78, 5) is 36.3. The number of benzene rings is 3. The highest BCUT2D eigenvalue weighted by atomic mass is 16.5. The molecule has 0 saturated heterocycles. The Bertz CT molecular complexity index is 1580. The second-order valence-electron chi connectivity index (χ2n) is 10.5. The highest BCUT2D eigenvalue weighted by Gasteiger charge is 2.28. The number of aromatic carboxylic acids is 2. The summed E-state index contributed by atoms with van der Waals surface area (Å²) in [6.07, 6.45) is 3.49. The molecule has 1 amide bonds. The predicted octanol–water partition coefficient (Wildman–Crippen LogP) is 5.17. The van der Waals surface area contributed by atoms with E-state index in [1.165, 1.54) is 16.8 Å². The van der Waals surface area contributed by atoms with Gasteiger partial charge in [0.2, 0.25) is 11.8 Å². The van der Waals surface area contributed by atoms with Crippen LogP contribution < -0.4 is 10.1 Å². The molecule has 222 valence electrons. The van der Waals surface area contributed by atoms with Gasteiger partial charge >= 0.3 is 11.9 Å². The monoisotopic (exact) mass is 583 g/mol. The molecular weight excluding hydrogens is 550 g/mol. The Labute approximate surface area is 248 Å². The number of carboxylic acid groups (broad SMARTS) is 2. The summed E-state index contributed by atoms with van der Waals surface area (Å²) >= 11 is 0. The van der Waals surface area contributed by atoms with Crippen molar-refractivity contribution in [3.05, 3.63) is 107 Å². The molecule has 1 aliphatic rings. The number of hydrogen-bond donors (Lipinski definition) is 3. The molecule has 0 aliphatic heterocycles. The number of carbonyl (C=O) groups is 3. The molecule has 3 N–H and O–H groups in total. The van der Waals surface area contributed by atoms with Crippen LogP contribution in [0.5, 0.6) is 5.88 Å². The van der Waals surface area contributed by atoms with Crippen molar-refractivity contribution in [3.8, 4) is 17.0 Å². The normalized spacial score (nSPS) is 16.4. The Morgan fingerprint density at radius 2 is 1.63 bits per heavy atom. The van der Waals surface area contributed by atoms with Gasteiger partial charge in [0.15, 0.2) is 5.69 Å². The molecule has 3 aromatic carbocycles. The largest absolute Gasteiger partial charge is 0.478 e. The average molecular weight is 584 g/mol. The Kier molecular flexibility index (Phi) is 9.48. The van der Waals surface area contributed by atoms with E-state index in [2.05, 4.69) is 10.4 Å². The van der Waals surface area contributed by atoms with Crippen LogP contribution in [0.25, 0.3) is 11.1 Å². The number of ether oxygens (including phenoxy) is 2. The van der Waals surface area contributed by atoms with Crippen molar-refractivity contribution in [2.75, 3.05) is 0 Å². The van der Waals surface area contributed by atoms with Crippen molar-refractivity contribution < 1.29 is 34.1 Å². The molecule has 0 spiro atoms. The smallest absolute Gasteiger partial charge is 0.356 e. The summed E-state index contributed by atoms with van der Waals surface area (Å²) in [6.45, 7) is 0.268. The minimum absolute atomic E-state index is 0.0396. The zero-order chi connectivity index (χ0) is 30.2. The van der Waals surface area contributed by atoms with E-state index in [9.17, 15) is 24.6 Å². The molecule has 4 aromatic rings. The molecule has 0 bridgehead atoms. The SMILES string of the molecule is O=C(Cn1nc(C(=O)O)cc1OCc1ccccc1-c1cccc(C(=O)O)c1)N[C@H]1CCCC[C@@H]1OCc1ccccc1. The molecule has 10 heteroatoms. The Morgan fingerprint density at radius 1 is 0.860 bits per heavy atom. The summed E-state index contributed by atoms with van der Waals surface area (Å²) in [5.74, 6) is -2.46. The van der Waals surface area contributed by atoms with E-state index >= 15 is 0 Å². The van der Waals surface area contributed by atoms with Crippen LogP contribution in [0, 0.1) is 0 Å². The van der Waals surface area contributed by atoms with E-state index in [0.717, 1.165) is 42.4 Å². The van der Waals surface area contributed by atoms with Gasteiger partial charge in [-0.2, -0.15) is 5.10 Å². The molecule has 1 heterocycles. The van der Waals surface area contributed by atoms with Crippen molar-refractivity contribution in [3.63, 3.8) is 0 Å². The molecule has 1 aliphatic carbocycles. The minimum Gasteiger partial charge on any atom is -0.478 e. The Morgan fingerprint density at radius 3 is 2.42 bits per heavy atom. The third kappa shape index (κ3) is 7.66. The zero-order valence-electron chi connectivity index (χ0n) is 23.5. The third-order valence-electron chi connectivity index (χ3n) is 7.42. The first-order valence-corrected chi connectivity index (χ1v) is 14.2. The van der Waals surface area contributed by atoms with Gasteiger partial charge in [0.05, 0.1) is 24.3 Å². The van der Waals surface area contributed by atoms with Gasteiger partial charge in [0, 0.05) is 6.07 Å². The summed E-state index contributed by atoms with van der Waals surface area (Å²) in [7, 11) is 0. The van der Waals surface area contributed by atoms with Crippen molar-refractivity contribution >= 4 is 17.8 Å². The van der Waals surface area contributed by atoms with Gasteiger partial charge in [-0.1, -0.05) is 79.6 Å². The summed E-state index contributed by atoms with van der Waals surface area (Å²) in [5.41, 5.74) is 3.20. The van der Waals surface area contributed by atoms with Crippen LogP contribution in [-0.2, 0) is 29.3 Å². The Balaban J connectivity index is 1.27. The molecule has 1 aromatic heterocycles. The van der Waals surface area contributed by atoms with E-state index in [0.29, 0.717) is 12.2 Å². The van der Waals surface area contributed by atoms with Crippen molar-refractivity contribution in [2.24, 2.45) is 0 Å². The highest BCUT2D eigenvalue weighted by Crippen LogP contribution is 2.27. The van der Waals surface area contributed by atoms with Crippen molar-refractivity contribution in [1.82, 2.24) is 15.1 Å². The lowest BCUT2D eigenvalue weighted by atomic mass is 9.92. The van der Waals surface area contributed by atoms with Crippen LogP contribution in [0.4, 0.5) is 0 Å². The van der Waals surface area contributed by atoms with Crippen molar-refractivity contribution in [2.45, 2.75) is 57.6 Å². The van der Waals surface area contributed by atoms with E-state index in [1.807, 2.05) is 60.7 Å². The number of nitrogens with zero attached hydrogens (tertiary/aromatic N) is 2. The van der Waals surface area contributed by atoms with Gasteiger partial charge < -0.3 is 25.0 Å². The van der Waals surface area contributed by atoms with Gasteiger partial charge in [0.1, 0.15) is 13.2 Å². The van der Waals surface area contributed by atoms with Gasteiger partial charge in [-0.05, 0) is 47.2 Å². The minimum atomic E-state index is -1.24. The quantitative estimate of drug-likeness (QED) is 0.208. The van der Waals surface area contributed by atoms with Crippen LogP contribution in [0.2, 0.25) is 0 Å². The standard InChI is InChI=1S/C33H33N3O7/c37-30(34-27-15-6-7-16-29(27)42-20-22-9-2-1-3-10-22)19-36-31(18-28(35-36)33(40)41)43-21-25-11-4-5-14-26(25)23-12-8-13-24(17-23)32(38)39/h1-5,8-14,17-18,27,29H,6-7,15-16,19-21H2,(H,34,37)(H,38,39)(H,40,41)/t27-,29-/m0/s1. The first-order chi connectivity index (χ1) is 20.9. The lowest BCUT2D eigenvalue weighted by Crippen LogP contribution is -2.47. The van der Waals surface area contributed by atoms with Crippen LogP contribution >= 0.6 is 0 Å². The fourth-order valence-electron chi connectivity index (χ4n) is 5.26. The van der Waals surface area contributed by atoms with Crippen molar-refractivity contribution in [1.29, 1.82) is 0 Å². The maximum atomic E-state index is 13.2. The highest BCUT2D eigenvalue weighted by molar-refractivity contribution is 5.89. The summed E-state index contributed by atoms with van der Waals surface area (Å²) < 4.78 is 13.4. The number of amides is 1. The molecule has 1 fully saturated rings. The Hall–Kier alpha value is -4.96. The first-order valence-electron chi connectivity index (χ1n) is 14.2. The second-order valence-corrected chi connectivity index (χ2v) is 10.5. The summed E-state index contributed by atoms with van der Waals surface area (Å²) in [6, 6.07) is 24.9. The van der Waals surface area contributed by atoms with Gasteiger partial charge in [-0.25, -0.2) is 14.3 Å². The van der Waals surface area contributed by atoms with Gasteiger partial charge in [-0.15, -0.1) is 0 Å². The fourth-order valence-corrected chi connectivity index (χ4v) is 5.26. The predicted molar refractivity (Wildman–Crippen MR) is 158 cm³/mol. The summed E-state index contributed by atoms with van der Waals surface area (Å²) in [5, 5.41) is 26.1. The number of rotatable bonds is 12. The first kappa shape index (κ1) is 29.5. The number of carbonyl (C=O) groups excluding carboxylic acids is 1. The number of nitrogens with one attached hydrogen (secondary N) is 1. The topological polar surface area (TPSA) is 140 Å². The molecule has 1 saturated carbocycles. The molecule has 5 rings (SSSR count). The van der Waals surface area contributed by atoms with E-state index in [-0.39, 0.29) is 48.3 Å². The number of carboxylic acids is 2. The lowest BCUT2D eigenvalue weighted by molar-refractivity contribution is -0.124. The molecule has 43 heavy (non-hydrogen) atoms. The number of hydrogen-bond acceptors (Lipinski definition) is 6. The van der Waals surface area contributed by atoms with Crippen LogP contribution in [0.1, 0.15) is 57.7 Å². The zero-order valence-corrected chi connectivity index (χ0v) is 23.5. The van der Waals surface area contributed by atoms with E-state index in [4.69, 9.17) is 9.47 Å². The molecular formula is C33H33N3O7. The second kappa shape index (κ2) is 13.8. The van der Waals surface area contributed by atoms with Gasteiger partial charge in [0.25, 0.3) is 0 Å². The third-order valence-corrected chi connectivity index (χ3v) is 7.42. The van der Waals surface area contributed by atoms with Crippen LogP contribution in [-0.4, -0.2) is 50.0 Å². The number of aromatic nitrogens is 2.